The molecule has 0 radical (unpaired) electrons. The zero-order valence-corrected chi connectivity index (χ0v) is 17.8. The molecule has 0 bridgehead atoms. The summed E-state index contributed by atoms with van der Waals surface area (Å²) in [5, 5.41) is 11.5. The van der Waals surface area contributed by atoms with E-state index in [1.165, 1.54) is 11.3 Å². The van der Waals surface area contributed by atoms with E-state index in [0.29, 0.717) is 24.6 Å². The van der Waals surface area contributed by atoms with Gasteiger partial charge in [-0.25, -0.2) is 0 Å². The lowest BCUT2D eigenvalue weighted by atomic mass is 9.95. The SMILES string of the molecule is CCC1C=CN(Cc2cc(C#N)ccc2-c2ccc(CCN)cc2)C=C1N1C=CNN1. The van der Waals surface area contributed by atoms with Crippen LogP contribution in [0, 0.1) is 17.2 Å². The number of hydrazine groups is 2. The number of benzene rings is 2. The molecule has 1 atom stereocenters. The summed E-state index contributed by atoms with van der Waals surface area (Å²) in [6, 6.07) is 16.7. The average Bonchev–Trinajstić information content (AvgIpc) is 3.35. The van der Waals surface area contributed by atoms with E-state index in [1.54, 1.807) is 0 Å². The Morgan fingerprint density at radius 1 is 1.13 bits per heavy atom. The number of nitrogens with one attached hydrogen (secondary N) is 2. The van der Waals surface area contributed by atoms with Gasteiger partial charge in [0.15, 0.2) is 0 Å². The van der Waals surface area contributed by atoms with E-state index in [4.69, 9.17) is 5.73 Å². The van der Waals surface area contributed by atoms with Crippen LogP contribution in [0.15, 0.2) is 79.0 Å². The van der Waals surface area contributed by atoms with Crippen LogP contribution < -0.4 is 16.7 Å². The zero-order valence-electron chi connectivity index (χ0n) is 17.8. The highest BCUT2D eigenvalue weighted by Gasteiger charge is 2.22. The number of rotatable bonds is 7. The van der Waals surface area contributed by atoms with Crippen molar-refractivity contribution in [2.45, 2.75) is 26.3 Å². The number of nitrogens with two attached hydrogens (primary N) is 1. The smallest absolute Gasteiger partial charge is 0.0991 e. The summed E-state index contributed by atoms with van der Waals surface area (Å²) in [6.45, 7) is 3.51. The van der Waals surface area contributed by atoms with Gasteiger partial charge in [-0.05, 0) is 53.8 Å². The fourth-order valence-electron chi connectivity index (χ4n) is 4.00. The van der Waals surface area contributed by atoms with E-state index < -0.39 is 0 Å². The predicted molar refractivity (Wildman–Crippen MR) is 123 cm³/mol. The first-order valence-corrected chi connectivity index (χ1v) is 10.7. The minimum Gasteiger partial charge on any atom is -0.348 e. The molecule has 4 rings (SSSR count). The summed E-state index contributed by atoms with van der Waals surface area (Å²) < 4.78 is 0. The van der Waals surface area contributed by atoms with Crippen molar-refractivity contribution in [2.75, 3.05) is 6.54 Å². The molecule has 1 unspecified atom stereocenters. The van der Waals surface area contributed by atoms with Crippen molar-refractivity contribution in [3.63, 3.8) is 0 Å². The van der Waals surface area contributed by atoms with Gasteiger partial charge in [0, 0.05) is 37.3 Å². The van der Waals surface area contributed by atoms with E-state index in [-0.39, 0.29) is 0 Å². The summed E-state index contributed by atoms with van der Waals surface area (Å²) in [5.74, 6) is 0.341. The van der Waals surface area contributed by atoms with E-state index in [1.807, 2.05) is 35.6 Å². The third kappa shape index (κ3) is 4.64. The average molecular weight is 413 g/mol. The van der Waals surface area contributed by atoms with Crippen LogP contribution in [0.2, 0.25) is 0 Å². The molecule has 6 nitrogen and oxygen atoms in total. The molecule has 2 aliphatic rings. The summed E-state index contributed by atoms with van der Waals surface area (Å²) in [7, 11) is 0. The van der Waals surface area contributed by atoms with Gasteiger partial charge in [0.05, 0.1) is 17.3 Å². The molecule has 0 spiro atoms. The van der Waals surface area contributed by atoms with Crippen molar-refractivity contribution < 1.29 is 0 Å². The molecule has 2 aliphatic heterocycles. The number of hydrogen-bond acceptors (Lipinski definition) is 6. The van der Waals surface area contributed by atoms with Gasteiger partial charge in [-0.15, -0.1) is 5.53 Å². The quantitative estimate of drug-likeness (QED) is 0.643. The first kappa shape index (κ1) is 20.7. The number of nitrogens with zero attached hydrogens (tertiary/aromatic N) is 3. The lowest BCUT2D eigenvalue weighted by Crippen LogP contribution is -2.38. The monoisotopic (exact) mass is 412 g/mol. The number of nitriles is 1. The minimum atomic E-state index is 0.341. The van der Waals surface area contributed by atoms with Gasteiger partial charge in [-0.1, -0.05) is 43.3 Å². The topological polar surface area (TPSA) is 80.3 Å². The van der Waals surface area contributed by atoms with Crippen LogP contribution in [-0.4, -0.2) is 16.5 Å². The maximum Gasteiger partial charge on any atom is 0.0991 e. The molecule has 0 amide bonds. The van der Waals surface area contributed by atoms with E-state index >= 15 is 0 Å². The minimum absolute atomic E-state index is 0.341. The van der Waals surface area contributed by atoms with Crippen molar-refractivity contribution in [3.8, 4) is 17.2 Å². The Bertz CT molecular complexity index is 1040. The fraction of sp³-hybridized carbons (Fsp3) is 0.240. The van der Waals surface area contributed by atoms with Gasteiger partial charge in [0.25, 0.3) is 0 Å². The largest absolute Gasteiger partial charge is 0.348 e. The highest BCUT2D eigenvalue weighted by molar-refractivity contribution is 5.69. The summed E-state index contributed by atoms with van der Waals surface area (Å²) in [6.07, 6.45) is 12.3. The van der Waals surface area contributed by atoms with Crippen molar-refractivity contribution in [2.24, 2.45) is 11.7 Å². The third-order valence-corrected chi connectivity index (χ3v) is 5.68. The van der Waals surface area contributed by atoms with Crippen LogP contribution in [0.25, 0.3) is 11.1 Å². The van der Waals surface area contributed by atoms with Crippen LogP contribution in [0.4, 0.5) is 0 Å². The Morgan fingerprint density at radius 3 is 2.65 bits per heavy atom. The van der Waals surface area contributed by atoms with Crippen LogP contribution in [0.1, 0.15) is 30.0 Å². The maximum absolute atomic E-state index is 9.45. The standard InChI is InChI=1S/C25H28N6/c1-2-21-10-13-30(18-25(21)31-14-12-28-29-31)17-23-15-20(16-27)5-8-24(23)22-6-3-19(4-7-22)9-11-26/h3-8,10,12-15,18,21,28-29H,2,9,11,17,26H2,1H3. The van der Waals surface area contributed by atoms with Crippen LogP contribution >= 0.6 is 0 Å². The second kappa shape index (κ2) is 9.52. The molecule has 0 aromatic heterocycles. The summed E-state index contributed by atoms with van der Waals surface area (Å²) in [5.41, 5.74) is 18.3. The van der Waals surface area contributed by atoms with Gasteiger partial charge in [0.1, 0.15) is 0 Å². The van der Waals surface area contributed by atoms with Crippen LogP contribution in [0.5, 0.6) is 0 Å². The highest BCUT2D eigenvalue weighted by atomic mass is 15.7. The molecule has 2 heterocycles. The second-order valence-corrected chi connectivity index (χ2v) is 7.74. The van der Waals surface area contributed by atoms with Crippen molar-refractivity contribution in [1.29, 1.82) is 5.26 Å². The molecule has 2 aromatic carbocycles. The lowest BCUT2D eigenvalue weighted by molar-refractivity contribution is 0.291. The van der Waals surface area contributed by atoms with Gasteiger partial charge < -0.3 is 16.1 Å². The molecule has 31 heavy (non-hydrogen) atoms. The van der Waals surface area contributed by atoms with Crippen molar-refractivity contribution in [1.82, 2.24) is 20.9 Å². The molecular weight excluding hydrogens is 384 g/mol. The number of allylic oxidation sites excluding steroid dienone is 1. The van der Waals surface area contributed by atoms with Gasteiger partial charge in [-0.3, -0.25) is 5.01 Å². The predicted octanol–water partition coefficient (Wildman–Crippen LogP) is 3.72. The fourth-order valence-corrected chi connectivity index (χ4v) is 4.00. The Morgan fingerprint density at radius 2 is 1.97 bits per heavy atom. The molecule has 158 valence electrons. The van der Waals surface area contributed by atoms with Crippen molar-refractivity contribution >= 4 is 0 Å². The Labute approximate surface area is 183 Å². The molecule has 4 N–H and O–H groups in total. The number of hydrogen-bond donors (Lipinski definition) is 3. The Kier molecular flexibility index (Phi) is 6.37. The Hall–Kier alpha value is -3.53. The Balaban J connectivity index is 1.64. The third-order valence-electron chi connectivity index (χ3n) is 5.68. The van der Waals surface area contributed by atoms with E-state index in [2.05, 4.69) is 71.6 Å². The normalized spacial score (nSPS) is 17.5. The second-order valence-electron chi connectivity index (χ2n) is 7.74. The molecule has 2 aromatic rings. The van der Waals surface area contributed by atoms with E-state index in [0.717, 1.165) is 29.5 Å². The molecule has 0 saturated heterocycles. The molecule has 0 fully saturated rings. The zero-order chi connectivity index (χ0) is 21.6. The van der Waals surface area contributed by atoms with Crippen LogP contribution in [-0.2, 0) is 13.0 Å². The van der Waals surface area contributed by atoms with E-state index in [9.17, 15) is 5.26 Å². The van der Waals surface area contributed by atoms with Crippen molar-refractivity contribution in [3.05, 3.63) is 95.7 Å². The highest BCUT2D eigenvalue weighted by Crippen LogP contribution is 2.30. The first-order valence-electron chi connectivity index (χ1n) is 10.7. The molecular formula is C25H28N6. The lowest BCUT2D eigenvalue weighted by Gasteiger charge is -2.31. The maximum atomic E-state index is 9.45. The van der Waals surface area contributed by atoms with Gasteiger partial charge in [0.2, 0.25) is 0 Å². The molecule has 0 aliphatic carbocycles. The van der Waals surface area contributed by atoms with Gasteiger partial charge >= 0.3 is 0 Å². The molecule has 6 heteroatoms. The summed E-state index contributed by atoms with van der Waals surface area (Å²) >= 11 is 0. The molecule has 0 saturated carbocycles. The first-order chi connectivity index (χ1) is 15.2. The van der Waals surface area contributed by atoms with Crippen LogP contribution in [0.3, 0.4) is 0 Å². The van der Waals surface area contributed by atoms with Gasteiger partial charge in [-0.2, -0.15) is 5.26 Å². The summed E-state index contributed by atoms with van der Waals surface area (Å²) in [4.78, 5) is 2.18.